The van der Waals surface area contributed by atoms with E-state index in [0.29, 0.717) is 13.1 Å². The van der Waals surface area contributed by atoms with E-state index < -0.39 is 0 Å². The molecule has 25 heavy (non-hydrogen) atoms. The van der Waals surface area contributed by atoms with Crippen LogP contribution in [0.1, 0.15) is 43.5 Å². The minimum atomic E-state index is 0.00188. The van der Waals surface area contributed by atoms with Crippen molar-refractivity contribution in [2.24, 2.45) is 5.92 Å². The quantitative estimate of drug-likeness (QED) is 0.823. The molecule has 0 spiro atoms. The predicted octanol–water partition coefficient (Wildman–Crippen LogP) is 2.41. The largest absolute Gasteiger partial charge is 0.354 e. The summed E-state index contributed by atoms with van der Waals surface area (Å²) in [6, 6.07) is 2.40. The van der Waals surface area contributed by atoms with Gasteiger partial charge in [0.1, 0.15) is 11.6 Å². The third-order valence-electron chi connectivity index (χ3n) is 5.15. The zero-order chi connectivity index (χ0) is 17.8. The lowest BCUT2D eigenvalue weighted by Crippen LogP contribution is -2.42. The summed E-state index contributed by atoms with van der Waals surface area (Å²) in [4.78, 5) is 15.1. The average molecular weight is 362 g/mol. The molecule has 1 aliphatic heterocycles. The van der Waals surface area contributed by atoms with Crippen molar-refractivity contribution in [1.82, 2.24) is 25.0 Å². The summed E-state index contributed by atoms with van der Waals surface area (Å²) in [6.45, 7) is 9.57. The van der Waals surface area contributed by atoms with Gasteiger partial charge in [0, 0.05) is 19.5 Å². The fourth-order valence-corrected chi connectivity index (χ4v) is 4.31. The normalized spacial score (nSPS) is 18.2. The first-order valence-electron chi connectivity index (χ1n) is 9.06. The van der Waals surface area contributed by atoms with Crippen LogP contribution < -0.4 is 5.32 Å². The van der Waals surface area contributed by atoms with E-state index in [-0.39, 0.29) is 17.9 Å². The molecule has 7 heteroatoms. The topological polar surface area (TPSA) is 63.1 Å². The van der Waals surface area contributed by atoms with Crippen molar-refractivity contribution in [3.63, 3.8) is 0 Å². The van der Waals surface area contributed by atoms with E-state index in [1.165, 1.54) is 5.56 Å². The number of aromatic nitrogens is 3. The first kappa shape index (κ1) is 18.1. The predicted molar refractivity (Wildman–Crippen MR) is 99.6 cm³/mol. The number of nitrogens with one attached hydrogen (secondary N) is 1. The molecule has 2 atom stereocenters. The number of nitrogens with zero attached hydrogens (tertiary/aromatic N) is 4. The van der Waals surface area contributed by atoms with Gasteiger partial charge in [-0.25, -0.2) is 0 Å². The Hall–Kier alpha value is -1.73. The molecule has 6 nitrogen and oxygen atoms in total. The molecule has 0 saturated heterocycles. The second-order valence-electron chi connectivity index (χ2n) is 6.55. The van der Waals surface area contributed by atoms with E-state index in [1.807, 2.05) is 6.92 Å². The molecule has 136 valence electrons. The highest BCUT2D eigenvalue weighted by molar-refractivity contribution is 7.07. The van der Waals surface area contributed by atoms with Crippen LogP contribution in [0.15, 0.2) is 16.8 Å². The second-order valence-corrected chi connectivity index (χ2v) is 7.33. The number of thiophene rings is 1. The lowest BCUT2D eigenvalue weighted by Gasteiger charge is -2.30. The lowest BCUT2D eigenvalue weighted by molar-refractivity contribution is -0.126. The smallest absolute Gasteiger partial charge is 0.224 e. The van der Waals surface area contributed by atoms with Crippen molar-refractivity contribution in [3.8, 4) is 0 Å². The summed E-state index contributed by atoms with van der Waals surface area (Å²) in [5, 5.41) is 15.8. The van der Waals surface area contributed by atoms with Gasteiger partial charge in [0.2, 0.25) is 5.91 Å². The van der Waals surface area contributed by atoms with Crippen LogP contribution in [-0.4, -0.2) is 45.2 Å². The maximum atomic E-state index is 12.7. The monoisotopic (exact) mass is 361 g/mol. The molecule has 0 bridgehead atoms. The van der Waals surface area contributed by atoms with Gasteiger partial charge in [0.05, 0.1) is 12.0 Å². The van der Waals surface area contributed by atoms with Gasteiger partial charge in [-0.05, 0) is 48.8 Å². The summed E-state index contributed by atoms with van der Waals surface area (Å²) in [5.74, 6) is 2.04. The van der Waals surface area contributed by atoms with Crippen LogP contribution in [0.4, 0.5) is 0 Å². The lowest BCUT2D eigenvalue weighted by atomic mass is 9.98. The zero-order valence-electron chi connectivity index (χ0n) is 15.2. The van der Waals surface area contributed by atoms with Crippen LogP contribution in [-0.2, 0) is 17.8 Å². The standard InChI is InChI=1S/C18H27N5OS/c1-4-22(5-2)16(15-8-9-25-12-15)10-19-18(24)14-6-7-17-21-20-13(3)23(17)11-14/h8-9,12,14,16H,4-7,10-11H2,1-3H3,(H,19,24)/t14-,16+/m1/s1. The highest BCUT2D eigenvalue weighted by Gasteiger charge is 2.28. The molecule has 2 aromatic rings. The Morgan fingerprint density at radius 3 is 2.92 bits per heavy atom. The minimum absolute atomic E-state index is 0.00188. The fourth-order valence-electron chi connectivity index (χ4n) is 3.60. The summed E-state index contributed by atoms with van der Waals surface area (Å²) >= 11 is 1.71. The number of hydrogen-bond acceptors (Lipinski definition) is 5. The maximum absolute atomic E-state index is 12.7. The first-order chi connectivity index (χ1) is 12.1. The molecule has 0 radical (unpaired) electrons. The van der Waals surface area contributed by atoms with E-state index in [0.717, 1.165) is 37.6 Å². The van der Waals surface area contributed by atoms with Crippen LogP contribution in [0.5, 0.6) is 0 Å². The van der Waals surface area contributed by atoms with Gasteiger partial charge in [-0.15, -0.1) is 10.2 Å². The minimum Gasteiger partial charge on any atom is -0.354 e. The molecule has 0 fully saturated rings. The Morgan fingerprint density at radius 1 is 1.44 bits per heavy atom. The van der Waals surface area contributed by atoms with Crippen molar-refractivity contribution in [1.29, 1.82) is 0 Å². The summed E-state index contributed by atoms with van der Waals surface area (Å²) in [5.41, 5.74) is 1.29. The van der Waals surface area contributed by atoms with Crippen molar-refractivity contribution in [2.75, 3.05) is 19.6 Å². The molecule has 3 heterocycles. The Kier molecular flexibility index (Phi) is 5.86. The average Bonchev–Trinajstić information content (AvgIpc) is 3.28. The molecular weight excluding hydrogens is 334 g/mol. The van der Waals surface area contributed by atoms with E-state index in [4.69, 9.17) is 0 Å². The summed E-state index contributed by atoms with van der Waals surface area (Å²) in [7, 11) is 0. The molecule has 3 rings (SSSR count). The molecule has 1 amide bonds. The molecule has 0 unspecified atom stereocenters. The molecule has 1 N–H and O–H groups in total. The highest BCUT2D eigenvalue weighted by Crippen LogP contribution is 2.23. The van der Waals surface area contributed by atoms with E-state index in [9.17, 15) is 4.79 Å². The Labute approximate surface area is 153 Å². The number of amides is 1. The van der Waals surface area contributed by atoms with Gasteiger partial charge in [0.15, 0.2) is 0 Å². The fraction of sp³-hybridized carbons (Fsp3) is 0.611. The van der Waals surface area contributed by atoms with E-state index >= 15 is 0 Å². The zero-order valence-corrected chi connectivity index (χ0v) is 16.1. The van der Waals surface area contributed by atoms with Gasteiger partial charge >= 0.3 is 0 Å². The van der Waals surface area contributed by atoms with Crippen LogP contribution in [0.2, 0.25) is 0 Å². The third kappa shape index (κ3) is 3.93. The van der Waals surface area contributed by atoms with E-state index in [2.05, 4.69) is 55.7 Å². The molecule has 0 saturated carbocycles. The van der Waals surface area contributed by atoms with Gasteiger partial charge in [-0.3, -0.25) is 9.69 Å². The maximum Gasteiger partial charge on any atom is 0.224 e. The van der Waals surface area contributed by atoms with Crippen molar-refractivity contribution < 1.29 is 4.79 Å². The molecular formula is C18H27N5OS. The van der Waals surface area contributed by atoms with Crippen LogP contribution >= 0.6 is 11.3 Å². The number of likely N-dealkylation sites (N-methyl/N-ethyl adjacent to an activating group) is 1. The summed E-state index contributed by atoms with van der Waals surface area (Å²) < 4.78 is 2.08. The van der Waals surface area contributed by atoms with Gasteiger partial charge in [-0.2, -0.15) is 11.3 Å². The van der Waals surface area contributed by atoms with Gasteiger partial charge in [0.25, 0.3) is 0 Å². The molecule has 0 aromatic carbocycles. The number of aryl methyl sites for hydroxylation is 2. The number of rotatable bonds is 7. The highest BCUT2D eigenvalue weighted by atomic mass is 32.1. The SMILES string of the molecule is CCN(CC)[C@@H](CNC(=O)[C@@H]1CCc2nnc(C)n2C1)c1ccsc1. The first-order valence-corrected chi connectivity index (χ1v) is 10.0. The van der Waals surface area contributed by atoms with Crippen LogP contribution in [0.3, 0.4) is 0 Å². The van der Waals surface area contributed by atoms with Crippen molar-refractivity contribution in [2.45, 2.75) is 46.2 Å². The molecule has 0 aliphatic carbocycles. The van der Waals surface area contributed by atoms with Crippen molar-refractivity contribution >= 4 is 17.2 Å². The van der Waals surface area contributed by atoms with Crippen LogP contribution in [0, 0.1) is 12.8 Å². The van der Waals surface area contributed by atoms with E-state index in [1.54, 1.807) is 11.3 Å². The number of carbonyl (C=O) groups excluding carboxylic acids is 1. The molecule has 1 aliphatic rings. The number of carbonyl (C=O) groups is 1. The Balaban J connectivity index is 1.63. The van der Waals surface area contributed by atoms with Crippen LogP contribution in [0.25, 0.3) is 0 Å². The third-order valence-corrected chi connectivity index (χ3v) is 5.85. The molecule has 2 aromatic heterocycles. The van der Waals surface area contributed by atoms with Gasteiger partial charge < -0.3 is 9.88 Å². The Morgan fingerprint density at radius 2 is 2.24 bits per heavy atom. The number of fused-ring (bicyclic) bond motifs is 1. The van der Waals surface area contributed by atoms with Gasteiger partial charge in [-0.1, -0.05) is 13.8 Å². The summed E-state index contributed by atoms with van der Waals surface area (Å²) in [6.07, 6.45) is 1.67. The number of hydrogen-bond donors (Lipinski definition) is 1. The Bertz CT molecular complexity index is 692. The second kappa shape index (κ2) is 8.10. The van der Waals surface area contributed by atoms with Crippen molar-refractivity contribution in [3.05, 3.63) is 34.0 Å².